The summed E-state index contributed by atoms with van der Waals surface area (Å²) in [6.07, 6.45) is 43.9. The van der Waals surface area contributed by atoms with Crippen molar-refractivity contribution >= 4 is 20.5 Å². The van der Waals surface area contributed by atoms with Crippen LogP contribution >= 0.6 is 8.60 Å². The van der Waals surface area contributed by atoms with Crippen molar-refractivity contribution in [2.75, 3.05) is 13.2 Å². The van der Waals surface area contributed by atoms with Gasteiger partial charge in [-0.25, -0.2) is 0 Å². The molecule has 0 atom stereocenters. The van der Waals surface area contributed by atoms with E-state index in [1.165, 1.54) is 180 Å². The van der Waals surface area contributed by atoms with Crippen LogP contribution in [0.25, 0.3) is 0 Å². The fraction of sp³-hybridized carbons (Fsp3) is 0.781. The van der Waals surface area contributed by atoms with Crippen LogP contribution in [0.2, 0.25) is 0 Å². The summed E-state index contributed by atoms with van der Waals surface area (Å²) in [6, 6.07) is 8.18. The fourth-order valence-electron chi connectivity index (χ4n) is 9.82. The number of rotatable bonds is 44. The second-order valence-electron chi connectivity index (χ2n) is 23.5. The zero-order valence-corrected chi connectivity index (χ0v) is 49.4. The molecule has 0 amide bonds. The van der Waals surface area contributed by atoms with Crippen LogP contribution in [0, 0.1) is 13.8 Å². The molecule has 0 aromatic heterocycles. The Morgan fingerprint density at radius 3 is 0.917 bits per heavy atom. The molecule has 72 heavy (non-hydrogen) atoms. The van der Waals surface area contributed by atoms with Gasteiger partial charge in [0, 0.05) is 24.0 Å². The molecule has 2 aromatic rings. The largest absolute Gasteiger partial charge is 0.765 e. The first-order valence-electron chi connectivity index (χ1n) is 30.0. The Balaban J connectivity index is 1.75. The number of benzene rings is 2. The zero-order valence-electron chi connectivity index (χ0n) is 48.5. The molecule has 0 radical (unpaired) electrons. The number of hydrogen-bond donors (Lipinski definition) is 0. The first-order chi connectivity index (χ1) is 34.6. The van der Waals surface area contributed by atoms with Crippen molar-refractivity contribution < 1.29 is 33.0 Å². The van der Waals surface area contributed by atoms with Gasteiger partial charge in [0.15, 0.2) is 0 Å². The monoisotopic (exact) mass is 1020 g/mol. The number of carbonyl (C=O) groups is 2. The van der Waals surface area contributed by atoms with E-state index in [2.05, 4.69) is 67.5 Å². The average molecular weight is 1020 g/mol. The molecule has 0 saturated heterocycles. The van der Waals surface area contributed by atoms with Gasteiger partial charge in [0.2, 0.25) is 8.60 Å². The Labute approximate surface area is 445 Å². The number of hydrogen-bond acceptors (Lipinski definition) is 7. The predicted molar refractivity (Wildman–Crippen MR) is 306 cm³/mol. The number of esters is 2. The molecule has 0 heterocycles. The normalized spacial score (nSPS) is 11.9. The lowest BCUT2D eigenvalue weighted by atomic mass is 9.83. The van der Waals surface area contributed by atoms with Gasteiger partial charge in [-0.3, -0.25) is 9.59 Å². The summed E-state index contributed by atoms with van der Waals surface area (Å²) in [5, 5.41) is 0. The third-order valence-corrected chi connectivity index (χ3v) is 15.0. The van der Waals surface area contributed by atoms with Gasteiger partial charge < -0.3 is 23.4 Å². The predicted octanol–water partition coefficient (Wildman–Crippen LogP) is 19.4. The van der Waals surface area contributed by atoms with Gasteiger partial charge in [-0.1, -0.05) is 272 Å². The molecular weight excluding hydrogens is 912 g/mol. The van der Waals surface area contributed by atoms with E-state index in [1.54, 1.807) is 0 Å². The molecule has 0 spiro atoms. The summed E-state index contributed by atoms with van der Waals surface area (Å²) in [5.74, 6) is 0.755. The molecule has 8 heteroatoms. The molecule has 0 unspecified atom stereocenters. The maximum Gasteiger partial charge on any atom is 0.306 e. The Morgan fingerprint density at radius 1 is 0.417 bits per heavy atom. The molecule has 2 rings (SSSR count). The minimum atomic E-state index is -2.59. The van der Waals surface area contributed by atoms with E-state index in [4.69, 9.17) is 18.5 Å². The van der Waals surface area contributed by atoms with Gasteiger partial charge in [0.1, 0.15) is 11.5 Å². The van der Waals surface area contributed by atoms with E-state index in [0.717, 1.165) is 59.1 Å². The first-order valence-corrected chi connectivity index (χ1v) is 31.1. The minimum Gasteiger partial charge on any atom is -0.765 e. The SMILES string of the molecule is CCCCCCCCCCCCCCCCCCOC(=O)CCc1cc(C)c(OP([O-])Oc2c(C)cc(CCC(=O)OCCCCCCCCCCCCCCCCCC)cc2C(C)(C)C)c(C(C)(C)C)c1. The molecule has 0 saturated carbocycles. The van der Waals surface area contributed by atoms with Crippen molar-refractivity contribution in [1.29, 1.82) is 0 Å². The molecule has 0 aliphatic rings. The summed E-state index contributed by atoms with van der Waals surface area (Å²) >= 11 is 0. The quantitative estimate of drug-likeness (QED) is 0.0371. The van der Waals surface area contributed by atoms with Gasteiger partial charge in [-0.05, 0) is 72.6 Å². The highest BCUT2D eigenvalue weighted by Crippen LogP contribution is 2.45. The highest BCUT2D eigenvalue weighted by atomic mass is 31.2. The maximum atomic E-state index is 13.8. The summed E-state index contributed by atoms with van der Waals surface area (Å²) in [5.41, 5.74) is 4.91. The lowest BCUT2D eigenvalue weighted by Crippen LogP contribution is -2.19. The average Bonchev–Trinajstić information content (AvgIpc) is 3.32. The van der Waals surface area contributed by atoms with Crippen molar-refractivity contribution in [2.45, 2.75) is 311 Å². The topological polar surface area (TPSA) is 94.1 Å². The van der Waals surface area contributed by atoms with Gasteiger partial charge in [0.25, 0.3) is 0 Å². The molecule has 414 valence electrons. The van der Waals surface area contributed by atoms with Gasteiger partial charge in [-0.15, -0.1) is 0 Å². The standard InChI is InChI=1S/C64H110O7P/c1-11-13-15-17-19-21-23-25-27-29-31-33-35-37-39-41-47-68-59(65)45-43-55-49-53(3)61(57(51-55)63(5,6)7)70-72(67)71-62-54(4)50-56(52-58(62)64(8,9)10)44-46-60(66)69-48-42-40-38-36-34-32-30-28-26-24-22-20-18-16-14-12-2/h49-52H,11-48H2,1-10H3/q-1. The Morgan fingerprint density at radius 2 is 0.667 bits per heavy atom. The number of ether oxygens (including phenoxy) is 2. The van der Waals surface area contributed by atoms with Crippen molar-refractivity contribution in [2.24, 2.45) is 0 Å². The second-order valence-corrected chi connectivity index (χ2v) is 24.3. The second kappa shape index (κ2) is 39.7. The van der Waals surface area contributed by atoms with E-state index < -0.39 is 8.60 Å². The Kier molecular flexibility index (Phi) is 36.1. The van der Waals surface area contributed by atoms with Crippen molar-refractivity contribution in [1.82, 2.24) is 0 Å². The molecule has 7 nitrogen and oxygen atoms in total. The number of aryl methyl sites for hydroxylation is 4. The third kappa shape index (κ3) is 31.3. The first kappa shape index (κ1) is 65.5. The lowest BCUT2D eigenvalue weighted by molar-refractivity contribution is -0.189. The molecule has 2 aromatic carbocycles. The summed E-state index contributed by atoms with van der Waals surface area (Å²) < 4.78 is 23.7. The fourth-order valence-corrected chi connectivity index (χ4v) is 10.6. The summed E-state index contributed by atoms with van der Waals surface area (Å²) in [4.78, 5) is 39.3. The molecule has 0 bridgehead atoms. The molecule has 0 fully saturated rings. The van der Waals surface area contributed by atoms with Crippen LogP contribution in [0.15, 0.2) is 24.3 Å². The van der Waals surface area contributed by atoms with Crippen LogP contribution in [0.5, 0.6) is 11.5 Å². The van der Waals surface area contributed by atoms with Gasteiger partial charge >= 0.3 is 11.9 Å². The number of carbonyl (C=O) groups excluding carboxylic acids is 2. The molecule has 0 aliphatic heterocycles. The summed E-state index contributed by atoms with van der Waals surface area (Å²) in [7, 11) is -2.59. The van der Waals surface area contributed by atoms with E-state index in [1.807, 2.05) is 26.0 Å². The van der Waals surface area contributed by atoms with E-state index in [9.17, 15) is 14.5 Å². The van der Waals surface area contributed by atoms with Crippen LogP contribution in [0.1, 0.15) is 307 Å². The Bertz CT molecular complexity index is 1580. The highest BCUT2D eigenvalue weighted by Gasteiger charge is 2.26. The molecule has 0 N–H and O–H groups in total. The van der Waals surface area contributed by atoms with E-state index in [-0.39, 0.29) is 22.8 Å². The van der Waals surface area contributed by atoms with Crippen LogP contribution in [-0.2, 0) is 42.7 Å². The Hall–Kier alpha value is -2.63. The van der Waals surface area contributed by atoms with Crippen molar-refractivity contribution in [3.8, 4) is 11.5 Å². The van der Waals surface area contributed by atoms with Crippen molar-refractivity contribution in [3.63, 3.8) is 0 Å². The van der Waals surface area contributed by atoms with Crippen LogP contribution in [0.3, 0.4) is 0 Å². The third-order valence-electron chi connectivity index (χ3n) is 14.4. The highest BCUT2D eigenvalue weighted by molar-refractivity contribution is 7.40. The van der Waals surface area contributed by atoms with E-state index >= 15 is 0 Å². The van der Waals surface area contributed by atoms with Crippen molar-refractivity contribution in [3.05, 3.63) is 57.6 Å². The van der Waals surface area contributed by atoms with Gasteiger partial charge in [-0.2, -0.15) is 0 Å². The maximum absolute atomic E-state index is 13.8. The molecular formula is C64H110O7P-. The molecule has 0 aliphatic carbocycles. The van der Waals surface area contributed by atoms with Crippen LogP contribution in [0.4, 0.5) is 0 Å². The van der Waals surface area contributed by atoms with Crippen LogP contribution < -0.4 is 13.9 Å². The van der Waals surface area contributed by atoms with Crippen LogP contribution in [-0.4, -0.2) is 25.2 Å². The summed E-state index contributed by atoms with van der Waals surface area (Å²) in [6.45, 7) is 22.1. The smallest absolute Gasteiger partial charge is 0.306 e. The lowest BCUT2D eigenvalue weighted by Gasteiger charge is -2.32. The van der Waals surface area contributed by atoms with Gasteiger partial charge in [0.05, 0.1) is 13.2 Å². The minimum absolute atomic E-state index is 0.167. The number of unbranched alkanes of at least 4 members (excludes halogenated alkanes) is 30. The zero-order chi connectivity index (χ0) is 52.9. The van der Waals surface area contributed by atoms with E-state index in [0.29, 0.717) is 50.4 Å².